The second kappa shape index (κ2) is 6.27. The van der Waals surface area contributed by atoms with Gasteiger partial charge in [-0.15, -0.1) is 0 Å². The van der Waals surface area contributed by atoms with Crippen LogP contribution in [0.3, 0.4) is 0 Å². The van der Waals surface area contributed by atoms with E-state index in [2.05, 4.69) is 15.1 Å². The van der Waals surface area contributed by atoms with Gasteiger partial charge < -0.3 is 9.80 Å². The lowest BCUT2D eigenvalue weighted by Gasteiger charge is -2.16. The summed E-state index contributed by atoms with van der Waals surface area (Å²) in [5, 5.41) is 4.41. The molecule has 0 bridgehead atoms. The molecule has 0 radical (unpaired) electrons. The molecular formula is C17H20N6O2. The monoisotopic (exact) mass is 340 g/mol. The lowest BCUT2D eigenvalue weighted by Crippen LogP contribution is -2.30. The zero-order valence-corrected chi connectivity index (χ0v) is 14.1. The Kier molecular flexibility index (Phi) is 3.95. The van der Waals surface area contributed by atoms with E-state index in [1.165, 1.54) is 6.20 Å². The Hall–Kier alpha value is -2.77. The maximum absolute atomic E-state index is 12.5. The van der Waals surface area contributed by atoms with Gasteiger partial charge in [0.1, 0.15) is 5.69 Å². The number of aromatic nitrogens is 4. The van der Waals surface area contributed by atoms with Gasteiger partial charge in [-0.3, -0.25) is 19.3 Å². The van der Waals surface area contributed by atoms with Gasteiger partial charge in [-0.05, 0) is 19.8 Å². The first-order chi connectivity index (χ1) is 12.1. The highest BCUT2D eigenvalue weighted by Crippen LogP contribution is 2.26. The summed E-state index contributed by atoms with van der Waals surface area (Å²) in [6, 6.07) is 0.119. The topological polar surface area (TPSA) is 84.2 Å². The maximum Gasteiger partial charge on any atom is 0.274 e. The van der Waals surface area contributed by atoms with E-state index in [-0.39, 0.29) is 17.9 Å². The minimum Gasteiger partial charge on any atom is -0.335 e. The van der Waals surface area contributed by atoms with Gasteiger partial charge in [-0.1, -0.05) is 0 Å². The summed E-state index contributed by atoms with van der Waals surface area (Å²) in [4.78, 5) is 36.3. The van der Waals surface area contributed by atoms with Crippen LogP contribution in [0, 0.1) is 6.92 Å². The van der Waals surface area contributed by atoms with E-state index < -0.39 is 0 Å². The summed E-state index contributed by atoms with van der Waals surface area (Å²) >= 11 is 0. The molecule has 0 spiro atoms. The number of rotatable bonds is 3. The molecule has 2 aliphatic heterocycles. The second-order valence-electron chi connectivity index (χ2n) is 6.56. The van der Waals surface area contributed by atoms with Gasteiger partial charge in [0.2, 0.25) is 5.91 Å². The number of nitrogens with zero attached hydrogens (tertiary/aromatic N) is 6. The summed E-state index contributed by atoms with van der Waals surface area (Å²) in [5.41, 5.74) is 2.00. The Labute approximate surface area is 145 Å². The minimum atomic E-state index is -0.0999. The molecule has 0 saturated carbocycles. The highest BCUT2D eigenvalue weighted by molar-refractivity contribution is 5.95. The highest BCUT2D eigenvalue weighted by atomic mass is 16.2. The van der Waals surface area contributed by atoms with Gasteiger partial charge in [0.25, 0.3) is 5.91 Å². The lowest BCUT2D eigenvalue weighted by molar-refractivity contribution is -0.117. The zero-order chi connectivity index (χ0) is 17.4. The van der Waals surface area contributed by atoms with E-state index >= 15 is 0 Å². The molecule has 2 amide bonds. The van der Waals surface area contributed by atoms with Crippen LogP contribution in [0.1, 0.15) is 41.5 Å². The molecule has 8 heteroatoms. The van der Waals surface area contributed by atoms with Crippen LogP contribution in [0.25, 0.3) is 0 Å². The molecule has 2 aromatic rings. The molecule has 2 fully saturated rings. The largest absolute Gasteiger partial charge is 0.335 e. The minimum absolute atomic E-state index is 0.0999. The Morgan fingerprint density at radius 1 is 1.20 bits per heavy atom. The van der Waals surface area contributed by atoms with Crippen molar-refractivity contribution >= 4 is 17.5 Å². The summed E-state index contributed by atoms with van der Waals surface area (Å²) in [6.45, 7) is 3.85. The SMILES string of the molecule is Cc1cnc(C(=O)N2CCC(n3cc(N4CCCC4=O)cn3)C2)cn1. The molecule has 0 aromatic carbocycles. The molecule has 4 heterocycles. The van der Waals surface area contributed by atoms with E-state index in [0.717, 1.165) is 30.8 Å². The number of carbonyl (C=O) groups is 2. The number of anilines is 1. The Morgan fingerprint density at radius 3 is 2.80 bits per heavy atom. The van der Waals surface area contributed by atoms with Gasteiger partial charge >= 0.3 is 0 Å². The normalized spacial score (nSPS) is 20.5. The highest BCUT2D eigenvalue weighted by Gasteiger charge is 2.30. The Bertz CT molecular complexity index is 800. The number of hydrogen-bond acceptors (Lipinski definition) is 5. The first-order valence-electron chi connectivity index (χ1n) is 8.54. The molecule has 2 aromatic heterocycles. The third-order valence-electron chi connectivity index (χ3n) is 4.80. The average Bonchev–Trinajstić information content (AvgIpc) is 3.34. The van der Waals surface area contributed by atoms with Crippen molar-refractivity contribution in [3.8, 4) is 0 Å². The third kappa shape index (κ3) is 2.99. The summed E-state index contributed by atoms with van der Waals surface area (Å²) in [6.07, 6.45) is 9.11. The van der Waals surface area contributed by atoms with Crippen molar-refractivity contribution in [2.45, 2.75) is 32.2 Å². The lowest BCUT2D eigenvalue weighted by atomic mass is 10.3. The summed E-state index contributed by atoms with van der Waals surface area (Å²) in [7, 11) is 0. The first kappa shape index (κ1) is 15.7. The molecule has 1 unspecified atom stereocenters. The van der Waals surface area contributed by atoms with Gasteiger partial charge in [0.05, 0.1) is 29.8 Å². The standard InChI is InChI=1S/C17H20N6O2/c1-12-7-19-15(9-18-12)17(25)21-6-4-13(10-21)23-11-14(8-20-23)22-5-2-3-16(22)24/h7-9,11,13H,2-6,10H2,1H3. The zero-order valence-electron chi connectivity index (χ0n) is 14.1. The van der Waals surface area contributed by atoms with E-state index in [4.69, 9.17) is 0 Å². The number of hydrogen-bond donors (Lipinski definition) is 0. The van der Waals surface area contributed by atoms with E-state index in [9.17, 15) is 9.59 Å². The number of likely N-dealkylation sites (tertiary alicyclic amines) is 1. The smallest absolute Gasteiger partial charge is 0.274 e. The predicted molar refractivity (Wildman–Crippen MR) is 90.1 cm³/mol. The maximum atomic E-state index is 12.5. The Balaban J connectivity index is 1.44. The first-order valence-corrected chi connectivity index (χ1v) is 8.54. The molecule has 2 aliphatic rings. The van der Waals surface area contributed by atoms with Crippen LogP contribution in [0.4, 0.5) is 5.69 Å². The van der Waals surface area contributed by atoms with Crippen LogP contribution in [0.2, 0.25) is 0 Å². The summed E-state index contributed by atoms with van der Waals surface area (Å²) in [5.74, 6) is 0.0535. The van der Waals surface area contributed by atoms with E-state index in [1.807, 2.05) is 17.8 Å². The molecule has 0 aliphatic carbocycles. The molecule has 8 nitrogen and oxygen atoms in total. The van der Waals surface area contributed by atoms with Crippen molar-refractivity contribution in [2.24, 2.45) is 0 Å². The van der Waals surface area contributed by atoms with Crippen molar-refractivity contribution in [3.63, 3.8) is 0 Å². The fraction of sp³-hybridized carbons (Fsp3) is 0.471. The van der Waals surface area contributed by atoms with Crippen LogP contribution >= 0.6 is 0 Å². The van der Waals surface area contributed by atoms with Crippen molar-refractivity contribution in [3.05, 3.63) is 36.2 Å². The van der Waals surface area contributed by atoms with Crippen LogP contribution in [0.5, 0.6) is 0 Å². The van der Waals surface area contributed by atoms with Crippen LogP contribution in [-0.4, -0.2) is 56.1 Å². The molecule has 25 heavy (non-hydrogen) atoms. The van der Waals surface area contributed by atoms with Crippen LogP contribution in [0.15, 0.2) is 24.8 Å². The van der Waals surface area contributed by atoms with Gasteiger partial charge in [-0.2, -0.15) is 5.10 Å². The fourth-order valence-electron chi connectivity index (χ4n) is 3.40. The molecule has 1 atom stereocenters. The molecule has 0 N–H and O–H groups in total. The molecule has 4 rings (SSSR count). The summed E-state index contributed by atoms with van der Waals surface area (Å²) < 4.78 is 1.87. The Morgan fingerprint density at radius 2 is 2.08 bits per heavy atom. The van der Waals surface area contributed by atoms with Crippen molar-refractivity contribution in [2.75, 3.05) is 24.5 Å². The van der Waals surface area contributed by atoms with Gasteiger partial charge in [-0.25, -0.2) is 4.98 Å². The van der Waals surface area contributed by atoms with E-state index in [1.54, 1.807) is 22.2 Å². The van der Waals surface area contributed by atoms with Crippen molar-refractivity contribution in [1.29, 1.82) is 0 Å². The molecule has 2 saturated heterocycles. The average molecular weight is 340 g/mol. The van der Waals surface area contributed by atoms with Crippen molar-refractivity contribution < 1.29 is 9.59 Å². The van der Waals surface area contributed by atoms with Crippen LogP contribution in [-0.2, 0) is 4.79 Å². The van der Waals surface area contributed by atoms with E-state index in [0.29, 0.717) is 25.2 Å². The van der Waals surface area contributed by atoms with Crippen LogP contribution < -0.4 is 4.90 Å². The fourth-order valence-corrected chi connectivity index (χ4v) is 3.40. The third-order valence-corrected chi connectivity index (χ3v) is 4.80. The molecule has 130 valence electrons. The van der Waals surface area contributed by atoms with Gasteiger partial charge in [0, 0.05) is 38.4 Å². The number of aryl methyl sites for hydroxylation is 1. The molecular weight excluding hydrogens is 320 g/mol. The quantitative estimate of drug-likeness (QED) is 0.838. The van der Waals surface area contributed by atoms with Gasteiger partial charge in [0.15, 0.2) is 0 Å². The second-order valence-corrected chi connectivity index (χ2v) is 6.56. The van der Waals surface area contributed by atoms with Crippen molar-refractivity contribution in [1.82, 2.24) is 24.6 Å². The number of amides is 2. The number of carbonyl (C=O) groups excluding carboxylic acids is 2. The predicted octanol–water partition coefficient (Wildman–Crippen LogP) is 1.20.